The fourth-order valence-corrected chi connectivity index (χ4v) is 2.46. The number of carbonyl (C=O) groups is 1. The summed E-state index contributed by atoms with van der Waals surface area (Å²) in [4.78, 5) is 18.1. The second-order valence-corrected chi connectivity index (χ2v) is 5.03. The summed E-state index contributed by atoms with van der Waals surface area (Å²) < 4.78 is 5.00. The van der Waals surface area contributed by atoms with Gasteiger partial charge in [-0.15, -0.1) is 0 Å². The first-order valence-electron chi connectivity index (χ1n) is 6.73. The number of ether oxygens (including phenoxy) is 1. The molecule has 0 bridgehead atoms. The van der Waals surface area contributed by atoms with E-state index in [1.54, 1.807) is 19.3 Å². The molecule has 19 heavy (non-hydrogen) atoms. The Morgan fingerprint density at radius 3 is 2.74 bits per heavy atom. The van der Waals surface area contributed by atoms with Crippen molar-refractivity contribution in [2.45, 2.75) is 32.9 Å². The third kappa shape index (κ3) is 3.44. The number of esters is 1. The van der Waals surface area contributed by atoms with Gasteiger partial charge in [0.1, 0.15) is 0 Å². The summed E-state index contributed by atoms with van der Waals surface area (Å²) in [6, 6.07) is 2.71. The van der Waals surface area contributed by atoms with Gasteiger partial charge >= 0.3 is 5.97 Å². The van der Waals surface area contributed by atoms with Crippen LogP contribution in [0.25, 0.3) is 0 Å². The molecule has 1 aromatic heterocycles. The molecule has 5 nitrogen and oxygen atoms in total. The Hall–Kier alpha value is -1.62. The molecule has 0 aromatic carbocycles. The van der Waals surface area contributed by atoms with Gasteiger partial charge < -0.3 is 15.0 Å². The highest BCUT2D eigenvalue weighted by molar-refractivity contribution is 5.90. The lowest BCUT2D eigenvalue weighted by atomic mass is 10.1. The predicted molar refractivity (Wildman–Crippen MR) is 74.5 cm³/mol. The second-order valence-electron chi connectivity index (χ2n) is 5.03. The maximum atomic E-state index is 11.7. The number of nitrogens with zero attached hydrogens (tertiary/aromatic N) is 2. The van der Waals surface area contributed by atoms with Crippen molar-refractivity contribution in [1.29, 1.82) is 0 Å². The largest absolute Gasteiger partial charge is 0.462 e. The summed E-state index contributed by atoms with van der Waals surface area (Å²) in [5.74, 6) is -0.312. The van der Waals surface area contributed by atoms with Crippen molar-refractivity contribution < 1.29 is 9.53 Å². The van der Waals surface area contributed by atoms with Crippen molar-refractivity contribution in [3.8, 4) is 0 Å². The van der Waals surface area contributed by atoms with Gasteiger partial charge in [-0.25, -0.2) is 4.79 Å². The highest BCUT2D eigenvalue weighted by Gasteiger charge is 2.22. The quantitative estimate of drug-likeness (QED) is 0.836. The van der Waals surface area contributed by atoms with E-state index in [4.69, 9.17) is 4.74 Å². The number of aromatic nitrogens is 1. The Labute approximate surface area is 114 Å². The molecule has 1 N–H and O–H groups in total. The molecular weight excluding hydrogens is 242 g/mol. The lowest BCUT2D eigenvalue weighted by Crippen LogP contribution is -2.54. The van der Waals surface area contributed by atoms with Crippen LogP contribution in [0, 0.1) is 0 Å². The first-order chi connectivity index (χ1) is 9.10. The van der Waals surface area contributed by atoms with Crippen LogP contribution in [0.15, 0.2) is 18.5 Å². The fourth-order valence-electron chi connectivity index (χ4n) is 2.46. The van der Waals surface area contributed by atoms with Gasteiger partial charge in [-0.1, -0.05) is 0 Å². The first kappa shape index (κ1) is 13.8. The Kier molecular flexibility index (Phi) is 4.37. The molecule has 0 aliphatic carbocycles. The van der Waals surface area contributed by atoms with Crippen LogP contribution in [0.4, 0.5) is 5.69 Å². The Morgan fingerprint density at radius 2 is 2.11 bits per heavy atom. The normalized spacial score (nSPS) is 23.2. The Bertz CT molecular complexity index is 440. The zero-order chi connectivity index (χ0) is 13.8. The molecule has 2 rings (SSSR count). The van der Waals surface area contributed by atoms with Crippen LogP contribution >= 0.6 is 0 Å². The van der Waals surface area contributed by atoms with Crippen molar-refractivity contribution in [2.75, 3.05) is 24.6 Å². The number of rotatable bonds is 3. The van der Waals surface area contributed by atoms with Gasteiger partial charge in [-0.05, 0) is 26.8 Å². The van der Waals surface area contributed by atoms with E-state index in [9.17, 15) is 4.79 Å². The van der Waals surface area contributed by atoms with Crippen molar-refractivity contribution in [3.63, 3.8) is 0 Å². The van der Waals surface area contributed by atoms with E-state index < -0.39 is 0 Å². The van der Waals surface area contributed by atoms with Gasteiger partial charge in [0.25, 0.3) is 0 Å². The zero-order valence-corrected chi connectivity index (χ0v) is 11.7. The smallest absolute Gasteiger partial charge is 0.339 e. The summed E-state index contributed by atoms with van der Waals surface area (Å²) in [5.41, 5.74) is 1.49. The molecule has 2 atom stereocenters. The van der Waals surface area contributed by atoms with Gasteiger partial charge in [0.2, 0.25) is 0 Å². The molecule has 0 spiro atoms. The minimum absolute atomic E-state index is 0.312. The molecular formula is C14H21N3O2. The van der Waals surface area contributed by atoms with E-state index in [2.05, 4.69) is 29.0 Å². The average Bonchev–Trinajstić information content (AvgIpc) is 2.38. The minimum Gasteiger partial charge on any atom is -0.462 e. The van der Waals surface area contributed by atoms with E-state index in [0.29, 0.717) is 24.3 Å². The molecule has 1 fully saturated rings. The zero-order valence-electron chi connectivity index (χ0n) is 11.7. The molecule has 1 aromatic rings. The van der Waals surface area contributed by atoms with Crippen LogP contribution in [-0.2, 0) is 4.74 Å². The number of anilines is 1. The van der Waals surface area contributed by atoms with Crippen molar-refractivity contribution in [2.24, 2.45) is 0 Å². The van der Waals surface area contributed by atoms with Gasteiger partial charge in [0.05, 0.1) is 24.1 Å². The number of hydrogen-bond acceptors (Lipinski definition) is 5. The van der Waals surface area contributed by atoms with E-state index in [1.807, 2.05) is 6.07 Å². The van der Waals surface area contributed by atoms with Gasteiger partial charge in [-0.3, -0.25) is 4.98 Å². The third-order valence-electron chi connectivity index (χ3n) is 3.16. The molecule has 1 aliphatic rings. The van der Waals surface area contributed by atoms with E-state index >= 15 is 0 Å². The SMILES string of the molecule is CCOC(=O)c1cncc(N2C[C@@H](C)N[C@@H](C)C2)c1. The van der Waals surface area contributed by atoms with Crippen molar-refractivity contribution in [1.82, 2.24) is 10.3 Å². The number of carbonyl (C=O) groups excluding carboxylic acids is 1. The summed E-state index contributed by atoms with van der Waals surface area (Å²) in [6.07, 6.45) is 3.35. The third-order valence-corrected chi connectivity index (χ3v) is 3.16. The van der Waals surface area contributed by atoms with Crippen LogP contribution in [0.2, 0.25) is 0 Å². The van der Waals surface area contributed by atoms with Crippen LogP contribution in [0.5, 0.6) is 0 Å². The first-order valence-corrected chi connectivity index (χ1v) is 6.73. The van der Waals surface area contributed by atoms with Gasteiger partial charge in [0.15, 0.2) is 0 Å². The Balaban J connectivity index is 2.16. The monoisotopic (exact) mass is 263 g/mol. The summed E-state index contributed by atoms with van der Waals surface area (Å²) >= 11 is 0. The number of piperazine rings is 1. The summed E-state index contributed by atoms with van der Waals surface area (Å²) in [5, 5.41) is 3.48. The highest BCUT2D eigenvalue weighted by Crippen LogP contribution is 2.18. The van der Waals surface area contributed by atoms with Crippen LogP contribution in [0.3, 0.4) is 0 Å². The Morgan fingerprint density at radius 1 is 1.42 bits per heavy atom. The molecule has 5 heteroatoms. The maximum absolute atomic E-state index is 11.7. The molecule has 0 saturated carbocycles. The number of nitrogens with one attached hydrogen (secondary N) is 1. The average molecular weight is 263 g/mol. The highest BCUT2D eigenvalue weighted by atomic mass is 16.5. The topological polar surface area (TPSA) is 54.5 Å². The van der Waals surface area contributed by atoms with Crippen molar-refractivity contribution in [3.05, 3.63) is 24.0 Å². The molecule has 0 amide bonds. The maximum Gasteiger partial charge on any atom is 0.339 e. The van der Waals surface area contributed by atoms with E-state index in [1.165, 1.54) is 0 Å². The molecule has 0 unspecified atom stereocenters. The van der Waals surface area contributed by atoms with Crippen LogP contribution < -0.4 is 10.2 Å². The lowest BCUT2D eigenvalue weighted by Gasteiger charge is -2.37. The second kappa shape index (κ2) is 6.02. The fraction of sp³-hybridized carbons (Fsp3) is 0.571. The minimum atomic E-state index is -0.312. The molecule has 104 valence electrons. The van der Waals surface area contributed by atoms with Gasteiger partial charge in [-0.2, -0.15) is 0 Å². The van der Waals surface area contributed by atoms with Crippen LogP contribution in [-0.4, -0.2) is 42.7 Å². The molecule has 0 radical (unpaired) electrons. The molecule has 1 aliphatic heterocycles. The van der Waals surface area contributed by atoms with Gasteiger partial charge in [0, 0.05) is 31.4 Å². The van der Waals surface area contributed by atoms with Crippen molar-refractivity contribution >= 4 is 11.7 Å². The van der Waals surface area contributed by atoms with Crippen LogP contribution in [0.1, 0.15) is 31.1 Å². The van der Waals surface area contributed by atoms with E-state index in [0.717, 1.165) is 18.8 Å². The number of hydrogen-bond donors (Lipinski definition) is 1. The number of pyridine rings is 1. The summed E-state index contributed by atoms with van der Waals surface area (Å²) in [7, 11) is 0. The molecule has 1 saturated heterocycles. The van der Waals surface area contributed by atoms with E-state index in [-0.39, 0.29) is 5.97 Å². The summed E-state index contributed by atoms with van der Waals surface area (Å²) in [6.45, 7) is 8.33. The molecule has 2 heterocycles. The standard InChI is InChI=1S/C14H21N3O2/c1-4-19-14(18)12-5-13(7-15-6-12)17-8-10(2)16-11(3)9-17/h5-7,10-11,16H,4,8-9H2,1-3H3/t10-,11+. The lowest BCUT2D eigenvalue weighted by molar-refractivity contribution is 0.0526. The predicted octanol–water partition coefficient (Wildman–Crippen LogP) is 1.44.